The van der Waals surface area contributed by atoms with Crippen molar-refractivity contribution in [3.63, 3.8) is 0 Å². The number of anilines is 1. The number of nitrogens with one attached hydrogen (secondary N) is 1. The zero-order valence-electron chi connectivity index (χ0n) is 10.3. The van der Waals surface area contributed by atoms with Crippen molar-refractivity contribution >= 4 is 11.9 Å². The van der Waals surface area contributed by atoms with E-state index in [-0.39, 0.29) is 23.9 Å². The van der Waals surface area contributed by atoms with E-state index in [1.54, 1.807) is 13.0 Å². The van der Waals surface area contributed by atoms with Crippen molar-refractivity contribution in [2.45, 2.75) is 12.8 Å². The summed E-state index contributed by atoms with van der Waals surface area (Å²) in [6.07, 6.45) is 0. The van der Waals surface area contributed by atoms with Gasteiger partial charge in [0.05, 0.1) is 6.61 Å². The molecule has 6 nitrogen and oxygen atoms in total. The van der Waals surface area contributed by atoms with E-state index in [2.05, 4.69) is 15.2 Å². The van der Waals surface area contributed by atoms with E-state index in [1.807, 2.05) is 0 Å². The van der Waals surface area contributed by atoms with Gasteiger partial charge in [0.15, 0.2) is 0 Å². The highest BCUT2D eigenvalue weighted by molar-refractivity contribution is 5.81. The van der Waals surface area contributed by atoms with E-state index < -0.39 is 17.7 Å². The number of H-pyrrole nitrogens is 1. The van der Waals surface area contributed by atoms with Gasteiger partial charge in [0.1, 0.15) is 17.6 Å². The van der Waals surface area contributed by atoms with Crippen LogP contribution >= 0.6 is 0 Å². The van der Waals surface area contributed by atoms with Crippen LogP contribution in [0.4, 0.5) is 10.3 Å². The summed E-state index contributed by atoms with van der Waals surface area (Å²) in [6, 6.07) is 5.93. The Bertz CT molecular complexity index is 585. The fraction of sp³-hybridized carbons (Fsp3) is 0.250. The lowest BCUT2D eigenvalue weighted by molar-refractivity contribution is -0.144. The van der Waals surface area contributed by atoms with Crippen LogP contribution < -0.4 is 5.73 Å². The number of esters is 1. The number of hydrogen-bond acceptors (Lipinski definition) is 5. The fourth-order valence-electron chi connectivity index (χ4n) is 1.74. The number of carbonyl (C=O) groups excluding carboxylic acids is 1. The third kappa shape index (κ3) is 2.70. The average molecular weight is 264 g/mol. The van der Waals surface area contributed by atoms with Crippen molar-refractivity contribution in [3.05, 3.63) is 41.5 Å². The Morgan fingerprint density at radius 3 is 2.84 bits per heavy atom. The number of benzene rings is 1. The van der Waals surface area contributed by atoms with Crippen LogP contribution in [-0.4, -0.2) is 27.8 Å². The Balaban J connectivity index is 2.46. The lowest BCUT2D eigenvalue weighted by atomic mass is 9.98. The Morgan fingerprint density at radius 2 is 2.26 bits per heavy atom. The summed E-state index contributed by atoms with van der Waals surface area (Å²) in [7, 11) is 0. The molecule has 0 amide bonds. The highest BCUT2D eigenvalue weighted by Crippen LogP contribution is 2.26. The van der Waals surface area contributed by atoms with Crippen LogP contribution in [0.5, 0.6) is 0 Å². The first kappa shape index (κ1) is 13.0. The minimum absolute atomic E-state index is 0.0133. The molecule has 0 spiro atoms. The molecule has 100 valence electrons. The molecular formula is C12H13FN4O2. The van der Waals surface area contributed by atoms with Crippen LogP contribution in [-0.2, 0) is 9.53 Å². The first-order valence-electron chi connectivity index (χ1n) is 5.72. The summed E-state index contributed by atoms with van der Waals surface area (Å²) in [4.78, 5) is 15.9. The Hall–Kier alpha value is -2.44. The molecule has 0 aliphatic carbocycles. The number of aromatic nitrogens is 3. The topological polar surface area (TPSA) is 93.9 Å². The number of ether oxygens (including phenoxy) is 1. The molecule has 2 aromatic rings. The molecule has 7 heteroatoms. The SMILES string of the molecule is CCOC(=O)C(c1nc(N)n[nH]1)c1ccccc1F. The minimum Gasteiger partial charge on any atom is -0.465 e. The standard InChI is InChI=1S/C12H13FN4O2/c1-2-19-11(18)9(10-15-12(14)17-16-10)7-5-3-4-6-8(7)13/h3-6,9H,2H2,1H3,(H3,14,15,16,17). The number of nitrogens with two attached hydrogens (primary N) is 1. The molecule has 0 aliphatic heterocycles. The van der Waals surface area contributed by atoms with Crippen LogP contribution in [0.2, 0.25) is 0 Å². The van der Waals surface area contributed by atoms with E-state index in [0.717, 1.165) is 0 Å². The number of carbonyl (C=O) groups is 1. The maximum Gasteiger partial charge on any atom is 0.321 e. The highest BCUT2D eigenvalue weighted by Gasteiger charge is 2.29. The lowest BCUT2D eigenvalue weighted by Crippen LogP contribution is -2.19. The van der Waals surface area contributed by atoms with Gasteiger partial charge in [0.25, 0.3) is 0 Å². The summed E-state index contributed by atoms with van der Waals surface area (Å²) < 4.78 is 18.8. The second kappa shape index (κ2) is 5.47. The number of rotatable bonds is 4. The van der Waals surface area contributed by atoms with Gasteiger partial charge in [0, 0.05) is 5.56 Å². The molecule has 1 aromatic carbocycles. The van der Waals surface area contributed by atoms with Gasteiger partial charge in [0.2, 0.25) is 5.95 Å². The van der Waals surface area contributed by atoms with E-state index in [1.165, 1.54) is 18.2 Å². The van der Waals surface area contributed by atoms with Gasteiger partial charge < -0.3 is 10.5 Å². The Labute approximate surface area is 108 Å². The van der Waals surface area contributed by atoms with Crippen molar-refractivity contribution in [2.24, 2.45) is 0 Å². The number of nitrogens with zero attached hydrogens (tertiary/aromatic N) is 2. The Morgan fingerprint density at radius 1 is 1.53 bits per heavy atom. The normalized spacial score (nSPS) is 12.1. The first-order valence-corrected chi connectivity index (χ1v) is 5.72. The second-order valence-corrected chi connectivity index (χ2v) is 3.79. The summed E-state index contributed by atoms with van der Waals surface area (Å²) >= 11 is 0. The molecule has 0 saturated carbocycles. The molecule has 1 aromatic heterocycles. The van der Waals surface area contributed by atoms with Gasteiger partial charge >= 0.3 is 5.97 Å². The zero-order valence-corrected chi connectivity index (χ0v) is 10.3. The van der Waals surface area contributed by atoms with Gasteiger partial charge in [-0.2, -0.15) is 4.98 Å². The molecular weight excluding hydrogens is 251 g/mol. The van der Waals surface area contributed by atoms with Crippen molar-refractivity contribution in [2.75, 3.05) is 12.3 Å². The number of halogens is 1. The summed E-state index contributed by atoms with van der Waals surface area (Å²) in [5.41, 5.74) is 5.57. The predicted octanol–water partition coefficient (Wildman–Crippen LogP) is 1.22. The van der Waals surface area contributed by atoms with Crippen LogP contribution in [0.3, 0.4) is 0 Å². The van der Waals surface area contributed by atoms with Crippen molar-refractivity contribution in [1.29, 1.82) is 0 Å². The molecule has 0 saturated heterocycles. The van der Waals surface area contributed by atoms with Gasteiger partial charge in [-0.3, -0.25) is 9.89 Å². The monoisotopic (exact) mass is 264 g/mol. The maximum atomic E-state index is 13.8. The minimum atomic E-state index is -1.01. The van der Waals surface area contributed by atoms with Crippen LogP contribution in [0.15, 0.2) is 24.3 Å². The smallest absolute Gasteiger partial charge is 0.321 e. The fourth-order valence-corrected chi connectivity index (χ4v) is 1.74. The number of hydrogen-bond donors (Lipinski definition) is 2. The molecule has 1 unspecified atom stereocenters. The van der Waals surface area contributed by atoms with Gasteiger partial charge in [-0.25, -0.2) is 4.39 Å². The zero-order chi connectivity index (χ0) is 13.8. The molecule has 0 radical (unpaired) electrons. The first-order chi connectivity index (χ1) is 9.13. The molecule has 1 heterocycles. The molecule has 0 fully saturated rings. The quantitative estimate of drug-likeness (QED) is 0.810. The van der Waals surface area contributed by atoms with Crippen molar-refractivity contribution in [3.8, 4) is 0 Å². The number of aromatic amines is 1. The second-order valence-electron chi connectivity index (χ2n) is 3.79. The van der Waals surface area contributed by atoms with Crippen LogP contribution in [0.1, 0.15) is 24.2 Å². The van der Waals surface area contributed by atoms with E-state index in [0.29, 0.717) is 0 Å². The molecule has 0 aliphatic rings. The molecule has 19 heavy (non-hydrogen) atoms. The van der Waals surface area contributed by atoms with Crippen molar-refractivity contribution < 1.29 is 13.9 Å². The third-order valence-electron chi connectivity index (χ3n) is 2.53. The lowest BCUT2D eigenvalue weighted by Gasteiger charge is -2.13. The highest BCUT2D eigenvalue weighted by atomic mass is 19.1. The number of nitrogen functional groups attached to an aromatic ring is 1. The molecule has 0 bridgehead atoms. The van der Waals surface area contributed by atoms with E-state index >= 15 is 0 Å². The maximum absolute atomic E-state index is 13.8. The predicted molar refractivity (Wildman–Crippen MR) is 65.7 cm³/mol. The molecule has 3 N–H and O–H groups in total. The van der Waals surface area contributed by atoms with Crippen LogP contribution in [0, 0.1) is 5.82 Å². The largest absolute Gasteiger partial charge is 0.465 e. The molecule has 2 rings (SSSR count). The van der Waals surface area contributed by atoms with E-state index in [9.17, 15) is 9.18 Å². The summed E-state index contributed by atoms with van der Waals surface area (Å²) in [6.45, 7) is 1.86. The van der Waals surface area contributed by atoms with Gasteiger partial charge in [-0.15, -0.1) is 5.10 Å². The van der Waals surface area contributed by atoms with E-state index in [4.69, 9.17) is 10.5 Å². The third-order valence-corrected chi connectivity index (χ3v) is 2.53. The van der Waals surface area contributed by atoms with Gasteiger partial charge in [-0.1, -0.05) is 18.2 Å². The van der Waals surface area contributed by atoms with Crippen molar-refractivity contribution in [1.82, 2.24) is 15.2 Å². The van der Waals surface area contributed by atoms with Gasteiger partial charge in [-0.05, 0) is 13.0 Å². The summed E-state index contributed by atoms with van der Waals surface area (Å²) in [5, 5.41) is 6.16. The molecule has 1 atom stereocenters. The average Bonchev–Trinajstić information content (AvgIpc) is 2.79. The summed E-state index contributed by atoms with van der Waals surface area (Å²) in [5.74, 6) is -1.99. The van der Waals surface area contributed by atoms with Crippen LogP contribution in [0.25, 0.3) is 0 Å². The Kier molecular flexibility index (Phi) is 3.74.